The molecule has 0 fully saturated rings. The lowest BCUT2D eigenvalue weighted by molar-refractivity contribution is 0.174. The highest BCUT2D eigenvalue weighted by Gasteiger charge is 2.18. The summed E-state index contributed by atoms with van der Waals surface area (Å²) in [5.41, 5.74) is 1.13. The predicted octanol–water partition coefficient (Wildman–Crippen LogP) is 3.45. The maximum absolute atomic E-state index is 6.13. The predicted molar refractivity (Wildman–Crippen MR) is 73.3 cm³/mol. The van der Waals surface area contributed by atoms with Gasteiger partial charge in [-0.25, -0.2) is 0 Å². The Morgan fingerprint density at radius 1 is 1.28 bits per heavy atom. The van der Waals surface area contributed by atoms with Crippen molar-refractivity contribution in [2.24, 2.45) is 11.8 Å². The summed E-state index contributed by atoms with van der Waals surface area (Å²) in [7, 11) is 0. The van der Waals surface area contributed by atoms with Gasteiger partial charge in [0.05, 0.1) is 5.02 Å². The van der Waals surface area contributed by atoms with Crippen LogP contribution < -0.4 is 14.8 Å². The molecule has 3 nitrogen and oxygen atoms in total. The summed E-state index contributed by atoms with van der Waals surface area (Å²) >= 11 is 6.13. The Kier molecular flexibility index (Phi) is 4.36. The van der Waals surface area contributed by atoms with Gasteiger partial charge in [0.15, 0.2) is 11.5 Å². The monoisotopic (exact) mass is 269 g/mol. The van der Waals surface area contributed by atoms with Gasteiger partial charge in [-0.05, 0) is 36.1 Å². The van der Waals surface area contributed by atoms with E-state index >= 15 is 0 Å². The highest BCUT2D eigenvalue weighted by Crippen LogP contribution is 2.39. The SMILES string of the molecule is CC(C)C(C)CNCc1cc(Cl)c2c(c1)OCO2. The molecule has 0 saturated carbocycles. The molecule has 0 saturated heterocycles. The second-order valence-electron chi connectivity index (χ2n) is 5.16. The molecule has 0 spiro atoms. The lowest BCUT2D eigenvalue weighted by Crippen LogP contribution is -2.23. The average molecular weight is 270 g/mol. The maximum atomic E-state index is 6.13. The summed E-state index contributed by atoms with van der Waals surface area (Å²) in [5.74, 6) is 2.76. The maximum Gasteiger partial charge on any atom is 0.231 e. The number of fused-ring (bicyclic) bond motifs is 1. The van der Waals surface area contributed by atoms with Crippen LogP contribution in [0.3, 0.4) is 0 Å². The van der Waals surface area contributed by atoms with E-state index in [-0.39, 0.29) is 6.79 Å². The Hall–Kier alpha value is -0.930. The molecule has 100 valence electrons. The largest absolute Gasteiger partial charge is 0.454 e. The minimum atomic E-state index is 0.260. The molecule has 18 heavy (non-hydrogen) atoms. The minimum absolute atomic E-state index is 0.260. The van der Waals surface area contributed by atoms with Crippen LogP contribution in [0.1, 0.15) is 26.3 Å². The molecule has 1 atom stereocenters. The fourth-order valence-electron chi connectivity index (χ4n) is 1.80. The number of nitrogens with one attached hydrogen (secondary N) is 1. The van der Waals surface area contributed by atoms with Crippen molar-refractivity contribution in [2.75, 3.05) is 13.3 Å². The summed E-state index contributed by atoms with van der Waals surface area (Å²) in [6.45, 7) is 8.80. The van der Waals surface area contributed by atoms with Crippen molar-refractivity contribution in [3.05, 3.63) is 22.7 Å². The van der Waals surface area contributed by atoms with Crippen LogP contribution in [0.5, 0.6) is 11.5 Å². The molecule has 0 aliphatic carbocycles. The summed E-state index contributed by atoms with van der Waals surface area (Å²) in [4.78, 5) is 0. The van der Waals surface area contributed by atoms with Crippen molar-refractivity contribution < 1.29 is 9.47 Å². The van der Waals surface area contributed by atoms with Crippen LogP contribution in [0.4, 0.5) is 0 Å². The first-order chi connectivity index (χ1) is 8.58. The van der Waals surface area contributed by atoms with Crippen LogP contribution in [0.15, 0.2) is 12.1 Å². The van der Waals surface area contributed by atoms with Crippen LogP contribution in [0.2, 0.25) is 5.02 Å². The zero-order chi connectivity index (χ0) is 13.1. The van der Waals surface area contributed by atoms with E-state index in [0.717, 1.165) is 24.4 Å². The molecular formula is C14H20ClNO2. The highest BCUT2D eigenvalue weighted by atomic mass is 35.5. The van der Waals surface area contributed by atoms with Crippen molar-refractivity contribution in [3.8, 4) is 11.5 Å². The lowest BCUT2D eigenvalue weighted by atomic mass is 9.98. The Morgan fingerprint density at radius 3 is 2.78 bits per heavy atom. The van der Waals surface area contributed by atoms with Crippen LogP contribution in [-0.2, 0) is 6.54 Å². The highest BCUT2D eigenvalue weighted by molar-refractivity contribution is 6.32. The fraction of sp³-hybridized carbons (Fsp3) is 0.571. The second kappa shape index (κ2) is 5.81. The van der Waals surface area contributed by atoms with Gasteiger partial charge in [-0.3, -0.25) is 0 Å². The van der Waals surface area contributed by atoms with Gasteiger partial charge in [-0.2, -0.15) is 0 Å². The van der Waals surface area contributed by atoms with Crippen LogP contribution in [0, 0.1) is 11.8 Å². The van der Waals surface area contributed by atoms with Crippen molar-refractivity contribution in [1.29, 1.82) is 0 Å². The van der Waals surface area contributed by atoms with Crippen LogP contribution >= 0.6 is 11.6 Å². The molecule has 1 N–H and O–H groups in total. The Bertz CT molecular complexity index is 421. The summed E-state index contributed by atoms with van der Waals surface area (Å²) in [6, 6.07) is 3.92. The molecule has 1 unspecified atom stereocenters. The Labute approximate surface area is 113 Å². The standard InChI is InChI=1S/C14H20ClNO2/c1-9(2)10(3)6-16-7-11-4-12(15)14-13(5-11)17-8-18-14/h4-5,9-10,16H,6-8H2,1-3H3. The Balaban J connectivity index is 1.92. The van der Waals surface area contributed by atoms with Gasteiger partial charge in [0.2, 0.25) is 6.79 Å². The zero-order valence-electron chi connectivity index (χ0n) is 11.1. The number of ether oxygens (including phenoxy) is 2. The van der Waals surface area contributed by atoms with E-state index < -0.39 is 0 Å². The van der Waals surface area contributed by atoms with E-state index in [4.69, 9.17) is 21.1 Å². The van der Waals surface area contributed by atoms with E-state index in [2.05, 4.69) is 26.1 Å². The molecule has 0 amide bonds. The number of halogens is 1. The van der Waals surface area contributed by atoms with E-state index in [0.29, 0.717) is 22.6 Å². The molecule has 1 aromatic rings. The van der Waals surface area contributed by atoms with Gasteiger partial charge >= 0.3 is 0 Å². The van der Waals surface area contributed by atoms with Crippen molar-refractivity contribution in [2.45, 2.75) is 27.3 Å². The Morgan fingerprint density at radius 2 is 2.06 bits per heavy atom. The van der Waals surface area contributed by atoms with Crippen molar-refractivity contribution in [1.82, 2.24) is 5.32 Å². The topological polar surface area (TPSA) is 30.5 Å². The smallest absolute Gasteiger partial charge is 0.231 e. The second-order valence-corrected chi connectivity index (χ2v) is 5.57. The number of hydrogen-bond acceptors (Lipinski definition) is 3. The lowest BCUT2D eigenvalue weighted by Gasteiger charge is -2.16. The van der Waals surface area contributed by atoms with Gasteiger partial charge in [0.25, 0.3) is 0 Å². The van der Waals surface area contributed by atoms with Crippen molar-refractivity contribution >= 4 is 11.6 Å². The van der Waals surface area contributed by atoms with Gasteiger partial charge in [-0.1, -0.05) is 32.4 Å². The van der Waals surface area contributed by atoms with Gasteiger partial charge in [0.1, 0.15) is 0 Å². The fourth-order valence-corrected chi connectivity index (χ4v) is 2.09. The quantitative estimate of drug-likeness (QED) is 0.888. The first-order valence-electron chi connectivity index (χ1n) is 6.36. The molecule has 1 heterocycles. The van der Waals surface area contributed by atoms with Gasteiger partial charge in [0, 0.05) is 6.54 Å². The summed E-state index contributed by atoms with van der Waals surface area (Å²) < 4.78 is 10.6. The van der Waals surface area contributed by atoms with E-state index in [1.165, 1.54) is 0 Å². The molecule has 1 aliphatic heterocycles. The molecule has 0 aromatic heterocycles. The number of rotatable bonds is 5. The summed E-state index contributed by atoms with van der Waals surface area (Å²) in [5, 5.41) is 4.07. The third-order valence-corrected chi connectivity index (χ3v) is 3.70. The summed E-state index contributed by atoms with van der Waals surface area (Å²) in [6.07, 6.45) is 0. The van der Waals surface area contributed by atoms with Crippen LogP contribution in [-0.4, -0.2) is 13.3 Å². The molecule has 0 bridgehead atoms. The van der Waals surface area contributed by atoms with E-state index in [1.54, 1.807) is 0 Å². The van der Waals surface area contributed by atoms with E-state index in [9.17, 15) is 0 Å². The minimum Gasteiger partial charge on any atom is -0.454 e. The molecule has 2 rings (SSSR count). The zero-order valence-corrected chi connectivity index (χ0v) is 11.9. The first-order valence-corrected chi connectivity index (χ1v) is 6.74. The van der Waals surface area contributed by atoms with E-state index in [1.807, 2.05) is 12.1 Å². The molecule has 4 heteroatoms. The first kappa shape index (κ1) is 13.5. The number of hydrogen-bond donors (Lipinski definition) is 1. The van der Waals surface area contributed by atoms with Crippen LogP contribution in [0.25, 0.3) is 0 Å². The third-order valence-electron chi connectivity index (χ3n) is 3.42. The number of benzene rings is 1. The van der Waals surface area contributed by atoms with Gasteiger partial charge in [-0.15, -0.1) is 0 Å². The molecule has 0 radical (unpaired) electrons. The molecular weight excluding hydrogens is 250 g/mol. The third kappa shape index (κ3) is 3.09. The van der Waals surface area contributed by atoms with Crippen molar-refractivity contribution in [3.63, 3.8) is 0 Å². The molecule has 1 aliphatic rings. The van der Waals surface area contributed by atoms with Gasteiger partial charge < -0.3 is 14.8 Å². The average Bonchev–Trinajstić information content (AvgIpc) is 2.77. The normalized spacial score (nSPS) is 15.2. The molecule has 1 aromatic carbocycles.